The summed E-state index contributed by atoms with van der Waals surface area (Å²) in [5.41, 5.74) is -1.23. The van der Waals surface area contributed by atoms with Crippen molar-refractivity contribution < 1.29 is 42.2 Å². The van der Waals surface area contributed by atoms with E-state index >= 15 is 0 Å². The SMILES string of the molecule is CC(=O)OCC1=C(C(=O)O)N2C(=O)[C@H](NC(=O)[C@@H](C)n3nc(C(F)(F)F)c(Cl)c3C3CC3)[C@@H]2SC1. The second-order valence-electron chi connectivity index (χ2n) is 8.37. The Morgan fingerprint density at radius 3 is 2.54 bits per heavy atom. The van der Waals surface area contributed by atoms with Gasteiger partial charge in [-0.15, -0.1) is 11.8 Å². The van der Waals surface area contributed by atoms with Crippen molar-refractivity contribution >= 4 is 47.1 Å². The van der Waals surface area contributed by atoms with Crippen LogP contribution in [0.5, 0.6) is 0 Å². The van der Waals surface area contributed by atoms with Crippen molar-refractivity contribution in [2.45, 2.75) is 56.2 Å². The number of aromatic nitrogens is 2. The molecule has 0 radical (unpaired) electrons. The zero-order valence-electron chi connectivity index (χ0n) is 18.4. The minimum Gasteiger partial charge on any atom is -0.477 e. The maximum atomic E-state index is 13.3. The molecular weight excluding hydrogens is 517 g/mol. The Hall–Kier alpha value is -2.74. The molecule has 3 aliphatic rings. The number of esters is 1. The highest BCUT2D eigenvalue weighted by Gasteiger charge is 2.54. The number of carbonyl (C=O) groups excluding carboxylic acids is 3. The van der Waals surface area contributed by atoms with Crippen LogP contribution < -0.4 is 5.32 Å². The molecule has 3 atom stereocenters. The minimum absolute atomic E-state index is 0.126. The number of ether oxygens (including phenoxy) is 1. The monoisotopic (exact) mass is 536 g/mol. The smallest absolute Gasteiger partial charge is 0.436 e. The second-order valence-corrected chi connectivity index (χ2v) is 9.86. The Kier molecular flexibility index (Phi) is 6.55. The summed E-state index contributed by atoms with van der Waals surface area (Å²) in [6.07, 6.45) is -3.56. The minimum atomic E-state index is -4.80. The Bertz CT molecular complexity index is 1150. The first kappa shape index (κ1) is 25.4. The van der Waals surface area contributed by atoms with Crippen LogP contribution in [0.2, 0.25) is 5.02 Å². The number of nitrogens with one attached hydrogen (secondary N) is 1. The average molecular weight is 537 g/mol. The van der Waals surface area contributed by atoms with E-state index in [9.17, 15) is 37.5 Å². The molecule has 2 amide bonds. The zero-order chi connectivity index (χ0) is 25.8. The van der Waals surface area contributed by atoms with Crippen molar-refractivity contribution in [2.75, 3.05) is 12.4 Å². The molecule has 0 bridgehead atoms. The molecule has 3 heterocycles. The number of carbonyl (C=O) groups is 4. The lowest BCUT2D eigenvalue weighted by Crippen LogP contribution is -2.71. The zero-order valence-corrected chi connectivity index (χ0v) is 20.0. The van der Waals surface area contributed by atoms with Crippen LogP contribution in [0.1, 0.15) is 50.0 Å². The maximum Gasteiger partial charge on any atom is 0.436 e. The largest absolute Gasteiger partial charge is 0.477 e. The lowest BCUT2D eigenvalue weighted by Gasteiger charge is -2.49. The number of halogens is 4. The number of aliphatic carboxylic acids is 1. The van der Waals surface area contributed by atoms with E-state index in [-0.39, 0.29) is 35.2 Å². The van der Waals surface area contributed by atoms with Crippen molar-refractivity contribution in [3.8, 4) is 0 Å². The van der Waals surface area contributed by atoms with Crippen LogP contribution in [0.4, 0.5) is 13.2 Å². The molecule has 35 heavy (non-hydrogen) atoms. The summed E-state index contributed by atoms with van der Waals surface area (Å²) in [7, 11) is 0. The fourth-order valence-corrected chi connectivity index (χ4v) is 5.71. The van der Waals surface area contributed by atoms with Gasteiger partial charge in [0.2, 0.25) is 5.91 Å². The van der Waals surface area contributed by atoms with Gasteiger partial charge in [0.05, 0.1) is 10.7 Å². The van der Waals surface area contributed by atoms with Gasteiger partial charge in [-0.25, -0.2) is 4.79 Å². The number of fused-ring (bicyclic) bond motifs is 1. The highest BCUT2D eigenvalue weighted by Crippen LogP contribution is 2.48. The molecule has 1 saturated carbocycles. The van der Waals surface area contributed by atoms with Gasteiger partial charge in [-0.2, -0.15) is 18.3 Å². The van der Waals surface area contributed by atoms with Gasteiger partial charge in [0.15, 0.2) is 5.69 Å². The van der Waals surface area contributed by atoms with E-state index in [1.807, 2.05) is 0 Å². The average Bonchev–Trinajstić information content (AvgIpc) is 3.54. The fourth-order valence-electron chi connectivity index (χ4n) is 3.99. The molecule has 2 N–H and O–H groups in total. The summed E-state index contributed by atoms with van der Waals surface area (Å²) in [6.45, 7) is 2.22. The number of carboxylic acid groups (broad SMARTS) is 1. The number of hydrogen-bond acceptors (Lipinski definition) is 7. The van der Waals surface area contributed by atoms with E-state index in [4.69, 9.17) is 16.3 Å². The van der Waals surface area contributed by atoms with Gasteiger partial charge in [0.25, 0.3) is 5.91 Å². The lowest BCUT2D eigenvalue weighted by atomic mass is 10.0. The third kappa shape index (κ3) is 4.60. The van der Waals surface area contributed by atoms with Gasteiger partial charge in [-0.05, 0) is 19.8 Å². The molecule has 190 valence electrons. The van der Waals surface area contributed by atoms with Crippen LogP contribution >= 0.6 is 23.4 Å². The molecule has 0 unspecified atom stereocenters. The van der Waals surface area contributed by atoms with Gasteiger partial charge in [-0.3, -0.25) is 24.0 Å². The summed E-state index contributed by atoms with van der Waals surface area (Å²) in [5, 5.41) is 14.4. The standard InChI is InChI=1S/C20H20ClF3N4O6S/c1-7(28-13(9-3-4-9)11(21)15(26-28)20(22,23)24)16(30)25-12-17(31)27-14(19(32)33)10(5-34-8(2)29)6-35-18(12)27/h7,9,12,18H,3-6H2,1-2H3,(H,25,30)(H,32,33)/t7-,12+,18+/m1/s1. The van der Waals surface area contributed by atoms with Crippen molar-refractivity contribution in [3.05, 3.63) is 27.7 Å². The molecule has 2 aliphatic heterocycles. The molecule has 0 spiro atoms. The van der Waals surface area contributed by atoms with Gasteiger partial charge in [0, 0.05) is 24.2 Å². The van der Waals surface area contributed by atoms with E-state index in [2.05, 4.69) is 10.4 Å². The number of thioether (sulfide) groups is 1. The molecule has 4 rings (SSSR count). The third-order valence-electron chi connectivity index (χ3n) is 5.86. The number of nitrogens with zero attached hydrogens (tertiary/aromatic N) is 3. The predicted molar refractivity (Wildman–Crippen MR) is 115 cm³/mol. The Balaban J connectivity index is 1.52. The molecular formula is C20H20ClF3N4O6S. The molecule has 0 aromatic carbocycles. The molecule has 1 saturated heterocycles. The Labute approximate surface area is 205 Å². The second kappa shape index (κ2) is 9.04. The summed E-state index contributed by atoms with van der Waals surface area (Å²) in [4.78, 5) is 49.6. The molecule has 2 fully saturated rings. The third-order valence-corrected chi connectivity index (χ3v) is 7.58. The Morgan fingerprint density at radius 1 is 1.34 bits per heavy atom. The topological polar surface area (TPSA) is 131 Å². The van der Waals surface area contributed by atoms with E-state index in [0.29, 0.717) is 12.8 Å². The molecule has 10 nitrogen and oxygen atoms in total. The number of alkyl halides is 3. The molecule has 15 heteroatoms. The lowest BCUT2D eigenvalue weighted by molar-refractivity contribution is -0.151. The molecule has 1 aromatic rings. The van der Waals surface area contributed by atoms with Crippen LogP contribution in [0.3, 0.4) is 0 Å². The summed E-state index contributed by atoms with van der Waals surface area (Å²) < 4.78 is 45.8. The van der Waals surface area contributed by atoms with E-state index in [1.54, 1.807) is 0 Å². The van der Waals surface area contributed by atoms with Crippen LogP contribution in [-0.4, -0.2) is 67.3 Å². The van der Waals surface area contributed by atoms with Crippen LogP contribution in [0, 0.1) is 0 Å². The summed E-state index contributed by atoms with van der Waals surface area (Å²) >= 11 is 7.14. The molecule has 1 aliphatic carbocycles. The van der Waals surface area contributed by atoms with E-state index in [1.165, 1.54) is 25.6 Å². The summed E-state index contributed by atoms with van der Waals surface area (Å²) in [5.74, 6) is -3.55. The number of hydrogen-bond donors (Lipinski definition) is 2. The fraction of sp³-hybridized carbons (Fsp3) is 0.550. The first-order valence-corrected chi connectivity index (χ1v) is 11.9. The number of β-lactam (4-membered cyclic amide) rings is 1. The van der Waals surface area contributed by atoms with Crippen molar-refractivity contribution in [1.29, 1.82) is 0 Å². The number of carboxylic acids is 1. The highest BCUT2D eigenvalue weighted by atomic mass is 35.5. The number of amides is 2. The molecule has 1 aromatic heterocycles. The van der Waals surface area contributed by atoms with Crippen LogP contribution in [0.15, 0.2) is 11.3 Å². The highest BCUT2D eigenvalue weighted by molar-refractivity contribution is 8.00. The van der Waals surface area contributed by atoms with Crippen molar-refractivity contribution in [3.63, 3.8) is 0 Å². The van der Waals surface area contributed by atoms with Crippen molar-refractivity contribution in [1.82, 2.24) is 20.0 Å². The first-order chi connectivity index (χ1) is 16.3. The van der Waals surface area contributed by atoms with Gasteiger partial charge in [-0.1, -0.05) is 11.6 Å². The van der Waals surface area contributed by atoms with Crippen LogP contribution in [0.25, 0.3) is 0 Å². The van der Waals surface area contributed by atoms with Gasteiger partial charge in [0.1, 0.15) is 29.8 Å². The quantitative estimate of drug-likeness (QED) is 0.401. The van der Waals surface area contributed by atoms with E-state index < -0.39 is 58.1 Å². The Morgan fingerprint density at radius 2 is 2.00 bits per heavy atom. The van der Waals surface area contributed by atoms with Crippen LogP contribution in [-0.2, 0) is 30.1 Å². The van der Waals surface area contributed by atoms with Crippen molar-refractivity contribution in [2.24, 2.45) is 0 Å². The van der Waals surface area contributed by atoms with E-state index in [0.717, 1.165) is 9.58 Å². The number of rotatable bonds is 7. The first-order valence-electron chi connectivity index (χ1n) is 10.5. The summed E-state index contributed by atoms with van der Waals surface area (Å²) in [6, 6.07) is -2.29. The predicted octanol–water partition coefficient (Wildman–Crippen LogP) is 2.30. The van der Waals surface area contributed by atoms with Gasteiger partial charge >= 0.3 is 18.1 Å². The maximum absolute atomic E-state index is 13.3. The van der Waals surface area contributed by atoms with Gasteiger partial charge < -0.3 is 15.2 Å². The normalized spacial score (nSPS) is 22.9.